The Balaban J connectivity index is 2.08. The Morgan fingerprint density at radius 2 is 2.35 bits per heavy atom. The molecule has 17 heavy (non-hydrogen) atoms. The molecule has 0 bridgehead atoms. The molecule has 2 rings (SSSR count). The lowest BCUT2D eigenvalue weighted by atomic mass is 10.0. The van der Waals surface area contributed by atoms with Crippen LogP contribution in [0.15, 0.2) is 24.3 Å². The summed E-state index contributed by atoms with van der Waals surface area (Å²) in [4.78, 5) is 2.46. The van der Waals surface area contributed by atoms with Crippen molar-refractivity contribution in [2.45, 2.75) is 25.3 Å². The Kier molecular flexibility index (Phi) is 4.40. The van der Waals surface area contributed by atoms with Crippen LogP contribution in [0.3, 0.4) is 0 Å². The summed E-state index contributed by atoms with van der Waals surface area (Å²) in [6.45, 7) is 2.40. The maximum atomic E-state index is 8.92. The van der Waals surface area contributed by atoms with Crippen molar-refractivity contribution < 1.29 is 9.84 Å². The molecule has 0 saturated carbocycles. The van der Waals surface area contributed by atoms with E-state index in [4.69, 9.17) is 9.84 Å². The Bertz CT molecular complexity index is 354. The van der Waals surface area contributed by atoms with Crippen molar-refractivity contribution in [1.29, 1.82) is 0 Å². The van der Waals surface area contributed by atoms with Crippen LogP contribution in [0.4, 0.5) is 0 Å². The topological polar surface area (TPSA) is 32.7 Å². The highest BCUT2D eigenvalue weighted by Crippen LogP contribution is 2.33. The van der Waals surface area contributed by atoms with E-state index < -0.39 is 0 Å². The number of aliphatic hydroxyl groups excluding tert-OH is 1. The standard InChI is InChI=1S/C14H21NO2/c1-17-13-6-2-5-12(11-13)14-7-3-8-15(14)9-4-10-16/h2,5-6,11,14,16H,3-4,7-10H2,1H3/t14-/m1/s1. The molecule has 0 aliphatic carbocycles. The molecule has 0 amide bonds. The first kappa shape index (κ1) is 12.4. The summed E-state index contributed by atoms with van der Waals surface area (Å²) in [6, 6.07) is 8.83. The lowest BCUT2D eigenvalue weighted by molar-refractivity contribution is 0.213. The van der Waals surface area contributed by atoms with Gasteiger partial charge < -0.3 is 9.84 Å². The van der Waals surface area contributed by atoms with Crippen molar-refractivity contribution in [3.8, 4) is 5.75 Å². The van der Waals surface area contributed by atoms with E-state index in [1.54, 1.807) is 7.11 Å². The Morgan fingerprint density at radius 3 is 3.12 bits per heavy atom. The van der Waals surface area contributed by atoms with E-state index in [9.17, 15) is 0 Å². The molecule has 1 atom stereocenters. The molecule has 0 aromatic heterocycles. The van der Waals surface area contributed by atoms with Gasteiger partial charge in [-0.3, -0.25) is 4.90 Å². The molecule has 1 aromatic carbocycles. The van der Waals surface area contributed by atoms with Gasteiger partial charge in [0.1, 0.15) is 5.75 Å². The summed E-state index contributed by atoms with van der Waals surface area (Å²) in [7, 11) is 1.71. The van der Waals surface area contributed by atoms with Crippen LogP contribution in [0.1, 0.15) is 30.9 Å². The number of nitrogens with zero attached hydrogens (tertiary/aromatic N) is 1. The molecule has 1 saturated heterocycles. The van der Waals surface area contributed by atoms with E-state index in [2.05, 4.69) is 23.1 Å². The quantitative estimate of drug-likeness (QED) is 0.849. The maximum Gasteiger partial charge on any atom is 0.119 e. The predicted octanol–water partition coefficient (Wildman–Crippen LogP) is 2.21. The summed E-state index contributed by atoms with van der Waals surface area (Å²) in [5.74, 6) is 0.927. The number of aliphatic hydroxyl groups is 1. The van der Waals surface area contributed by atoms with Gasteiger partial charge in [0.25, 0.3) is 0 Å². The van der Waals surface area contributed by atoms with Crippen LogP contribution in [0, 0.1) is 0 Å². The van der Waals surface area contributed by atoms with Gasteiger partial charge in [-0.1, -0.05) is 12.1 Å². The van der Waals surface area contributed by atoms with Crippen molar-refractivity contribution in [2.75, 3.05) is 26.8 Å². The van der Waals surface area contributed by atoms with Gasteiger partial charge >= 0.3 is 0 Å². The number of benzene rings is 1. The predicted molar refractivity (Wildman–Crippen MR) is 68.2 cm³/mol. The van der Waals surface area contributed by atoms with Gasteiger partial charge in [0, 0.05) is 19.2 Å². The van der Waals surface area contributed by atoms with Crippen molar-refractivity contribution in [1.82, 2.24) is 4.90 Å². The molecule has 3 heteroatoms. The van der Waals surface area contributed by atoms with Crippen molar-refractivity contribution in [3.63, 3.8) is 0 Å². The summed E-state index contributed by atoms with van der Waals surface area (Å²) in [5.41, 5.74) is 1.33. The zero-order valence-electron chi connectivity index (χ0n) is 10.4. The third-order valence-electron chi connectivity index (χ3n) is 3.45. The molecule has 0 unspecified atom stereocenters. The number of ether oxygens (including phenoxy) is 1. The lowest BCUT2D eigenvalue weighted by Crippen LogP contribution is -2.25. The molecule has 0 radical (unpaired) electrons. The zero-order valence-corrected chi connectivity index (χ0v) is 10.4. The molecule has 3 nitrogen and oxygen atoms in total. The molecule has 1 aromatic rings. The molecule has 1 N–H and O–H groups in total. The fourth-order valence-corrected chi connectivity index (χ4v) is 2.59. The van der Waals surface area contributed by atoms with Gasteiger partial charge in [-0.2, -0.15) is 0 Å². The normalized spacial score (nSPS) is 20.7. The number of methoxy groups -OCH3 is 1. The molecule has 94 valence electrons. The van der Waals surface area contributed by atoms with Gasteiger partial charge in [0.15, 0.2) is 0 Å². The van der Waals surface area contributed by atoms with E-state index in [1.807, 2.05) is 6.07 Å². The van der Waals surface area contributed by atoms with Crippen LogP contribution < -0.4 is 4.74 Å². The van der Waals surface area contributed by atoms with E-state index in [0.717, 1.165) is 25.3 Å². The van der Waals surface area contributed by atoms with Gasteiger partial charge in [0.05, 0.1) is 7.11 Å². The Hall–Kier alpha value is -1.06. The largest absolute Gasteiger partial charge is 0.497 e. The van der Waals surface area contributed by atoms with Crippen molar-refractivity contribution >= 4 is 0 Å². The fraction of sp³-hybridized carbons (Fsp3) is 0.571. The first-order valence-electron chi connectivity index (χ1n) is 6.34. The zero-order chi connectivity index (χ0) is 12.1. The SMILES string of the molecule is COc1cccc([C@H]2CCCN2CCCO)c1. The minimum atomic E-state index is 0.279. The molecular weight excluding hydrogens is 214 g/mol. The molecule has 0 spiro atoms. The van der Waals surface area contributed by atoms with Crippen LogP contribution in [0.5, 0.6) is 5.75 Å². The maximum absolute atomic E-state index is 8.92. The molecule has 1 aliphatic rings. The first-order chi connectivity index (χ1) is 8.35. The van der Waals surface area contributed by atoms with Crippen LogP contribution >= 0.6 is 0 Å². The molecule has 1 aliphatic heterocycles. The highest BCUT2D eigenvalue weighted by molar-refractivity contribution is 5.31. The fourth-order valence-electron chi connectivity index (χ4n) is 2.59. The summed E-state index contributed by atoms with van der Waals surface area (Å²) >= 11 is 0. The second-order valence-electron chi connectivity index (χ2n) is 4.55. The third-order valence-corrected chi connectivity index (χ3v) is 3.45. The average molecular weight is 235 g/mol. The van der Waals surface area contributed by atoms with E-state index in [1.165, 1.54) is 18.4 Å². The third kappa shape index (κ3) is 2.99. The summed E-state index contributed by atoms with van der Waals surface area (Å²) < 4.78 is 5.27. The molecule has 1 fully saturated rings. The van der Waals surface area contributed by atoms with Crippen LogP contribution in [0.2, 0.25) is 0 Å². The Morgan fingerprint density at radius 1 is 1.47 bits per heavy atom. The second-order valence-corrected chi connectivity index (χ2v) is 4.55. The van der Waals surface area contributed by atoms with Crippen molar-refractivity contribution in [2.24, 2.45) is 0 Å². The number of hydrogen-bond donors (Lipinski definition) is 1. The van der Waals surface area contributed by atoms with Gasteiger partial charge in [-0.05, 0) is 43.5 Å². The van der Waals surface area contributed by atoms with E-state index in [0.29, 0.717) is 6.04 Å². The van der Waals surface area contributed by atoms with E-state index in [-0.39, 0.29) is 6.61 Å². The summed E-state index contributed by atoms with van der Waals surface area (Å²) in [6.07, 6.45) is 3.31. The second kappa shape index (κ2) is 6.03. The number of hydrogen-bond acceptors (Lipinski definition) is 3. The van der Waals surface area contributed by atoms with Gasteiger partial charge in [-0.25, -0.2) is 0 Å². The van der Waals surface area contributed by atoms with Crippen LogP contribution in [-0.2, 0) is 0 Å². The van der Waals surface area contributed by atoms with E-state index >= 15 is 0 Å². The Labute approximate surface area is 103 Å². The van der Waals surface area contributed by atoms with Crippen LogP contribution in [0.25, 0.3) is 0 Å². The highest BCUT2D eigenvalue weighted by atomic mass is 16.5. The van der Waals surface area contributed by atoms with Gasteiger partial charge in [-0.15, -0.1) is 0 Å². The first-order valence-corrected chi connectivity index (χ1v) is 6.34. The highest BCUT2D eigenvalue weighted by Gasteiger charge is 2.25. The monoisotopic (exact) mass is 235 g/mol. The molecular formula is C14H21NO2. The minimum Gasteiger partial charge on any atom is -0.497 e. The number of likely N-dealkylation sites (tertiary alicyclic amines) is 1. The van der Waals surface area contributed by atoms with Crippen LogP contribution in [-0.4, -0.2) is 36.8 Å². The van der Waals surface area contributed by atoms with Crippen molar-refractivity contribution in [3.05, 3.63) is 29.8 Å². The molecule has 1 heterocycles. The number of rotatable bonds is 5. The van der Waals surface area contributed by atoms with Gasteiger partial charge in [0.2, 0.25) is 0 Å². The minimum absolute atomic E-state index is 0.279. The smallest absolute Gasteiger partial charge is 0.119 e. The summed E-state index contributed by atoms with van der Waals surface area (Å²) in [5, 5.41) is 8.92. The average Bonchev–Trinajstić information content (AvgIpc) is 2.84. The lowest BCUT2D eigenvalue weighted by Gasteiger charge is -2.24.